The number of aromatic nitrogens is 4. The fraction of sp³-hybridized carbons (Fsp3) is 0.0625. The van der Waals surface area contributed by atoms with Crippen molar-refractivity contribution in [2.75, 3.05) is 0 Å². The Bertz CT molecular complexity index is 1120. The van der Waals surface area contributed by atoms with Gasteiger partial charge in [0.25, 0.3) is 5.89 Å². The lowest BCUT2D eigenvalue weighted by Crippen LogP contribution is -2.06. The van der Waals surface area contributed by atoms with Gasteiger partial charge in [-0.2, -0.15) is 13.2 Å². The Hall–Kier alpha value is -2.58. The van der Waals surface area contributed by atoms with Crippen molar-refractivity contribution < 1.29 is 17.6 Å². The van der Waals surface area contributed by atoms with Gasteiger partial charge in [-0.3, -0.25) is 0 Å². The third-order valence-electron chi connectivity index (χ3n) is 3.58. The highest BCUT2D eigenvalue weighted by molar-refractivity contribution is 6.33. The van der Waals surface area contributed by atoms with Gasteiger partial charge in [0.15, 0.2) is 5.65 Å². The molecule has 4 aromatic rings. The number of benzene rings is 1. The van der Waals surface area contributed by atoms with Crippen molar-refractivity contribution in [2.24, 2.45) is 0 Å². The van der Waals surface area contributed by atoms with Gasteiger partial charge in [0, 0.05) is 12.4 Å². The molecule has 0 aliphatic rings. The number of rotatable bonds is 2. The van der Waals surface area contributed by atoms with Gasteiger partial charge >= 0.3 is 6.18 Å². The zero-order valence-corrected chi connectivity index (χ0v) is 14.1. The summed E-state index contributed by atoms with van der Waals surface area (Å²) in [7, 11) is 0. The van der Waals surface area contributed by atoms with Crippen molar-refractivity contribution in [3.8, 4) is 23.0 Å². The molecule has 0 bridgehead atoms. The molecule has 0 atom stereocenters. The summed E-state index contributed by atoms with van der Waals surface area (Å²) in [5.74, 6) is 0.206. The highest BCUT2D eigenvalue weighted by atomic mass is 35.5. The molecular weight excluding hydrogens is 392 g/mol. The minimum absolute atomic E-state index is 0.0354. The molecule has 3 heterocycles. The first-order valence-corrected chi connectivity index (χ1v) is 7.93. The standard InChI is InChI=1S/C16H7Cl2F3N4O/c17-10-4-2-1-3-9(10)14-23-24-15(26-14)12-7-25-6-8(16(19,20)21)5-11(18)13(25)22-12/h1-7H. The summed E-state index contributed by atoms with van der Waals surface area (Å²) in [6.07, 6.45) is -2.30. The van der Waals surface area contributed by atoms with Gasteiger partial charge in [-0.25, -0.2) is 4.98 Å². The first-order valence-electron chi connectivity index (χ1n) is 7.17. The number of halogens is 5. The van der Waals surface area contributed by atoms with Gasteiger partial charge in [-0.15, -0.1) is 10.2 Å². The number of fused-ring (bicyclic) bond motifs is 1. The molecule has 26 heavy (non-hydrogen) atoms. The van der Waals surface area contributed by atoms with Gasteiger partial charge in [-0.1, -0.05) is 35.3 Å². The third kappa shape index (κ3) is 2.91. The highest BCUT2D eigenvalue weighted by Gasteiger charge is 2.32. The summed E-state index contributed by atoms with van der Waals surface area (Å²) >= 11 is 12.0. The Morgan fingerprint density at radius 2 is 1.69 bits per heavy atom. The van der Waals surface area contributed by atoms with Crippen LogP contribution in [0.2, 0.25) is 10.0 Å². The molecule has 0 aliphatic carbocycles. The molecule has 4 rings (SSSR count). The van der Waals surface area contributed by atoms with Crippen molar-refractivity contribution in [3.05, 3.63) is 58.3 Å². The zero-order chi connectivity index (χ0) is 18.5. The van der Waals surface area contributed by atoms with Crippen LogP contribution < -0.4 is 0 Å². The van der Waals surface area contributed by atoms with Crippen LogP contribution in [-0.4, -0.2) is 19.6 Å². The first-order chi connectivity index (χ1) is 12.3. The second-order valence-electron chi connectivity index (χ2n) is 5.32. The maximum absolute atomic E-state index is 12.9. The molecule has 1 aromatic carbocycles. The van der Waals surface area contributed by atoms with E-state index < -0.39 is 11.7 Å². The molecule has 10 heteroatoms. The number of hydrogen-bond donors (Lipinski definition) is 0. The van der Waals surface area contributed by atoms with Crippen LogP contribution in [0.15, 0.2) is 47.1 Å². The van der Waals surface area contributed by atoms with Gasteiger partial charge in [0.2, 0.25) is 5.89 Å². The van der Waals surface area contributed by atoms with Gasteiger partial charge < -0.3 is 8.82 Å². The molecule has 5 nitrogen and oxygen atoms in total. The highest BCUT2D eigenvalue weighted by Crippen LogP contribution is 2.34. The second-order valence-corrected chi connectivity index (χ2v) is 6.14. The number of hydrogen-bond acceptors (Lipinski definition) is 4. The number of imidazole rings is 1. The van der Waals surface area contributed by atoms with Crippen LogP contribution in [0, 0.1) is 0 Å². The minimum Gasteiger partial charge on any atom is -0.414 e. The molecule has 0 amide bonds. The van der Waals surface area contributed by atoms with Crippen molar-refractivity contribution in [3.63, 3.8) is 0 Å². The summed E-state index contributed by atoms with van der Waals surface area (Å²) in [6.45, 7) is 0. The lowest BCUT2D eigenvalue weighted by Gasteiger charge is -2.07. The van der Waals surface area contributed by atoms with Crippen LogP contribution in [0.4, 0.5) is 13.2 Å². The molecule has 0 fully saturated rings. The van der Waals surface area contributed by atoms with Crippen molar-refractivity contribution in [1.29, 1.82) is 0 Å². The lowest BCUT2D eigenvalue weighted by molar-refractivity contribution is -0.137. The summed E-state index contributed by atoms with van der Waals surface area (Å²) < 4.78 is 45.4. The van der Waals surface area contributed by atoms with E-state index in [9.17, 15) is 13.2 Å². The van der Waals surface area contributed by atoms with E-state index >= 15 is 0 Å². The van der Waals surface area contributed by atoms with E-state index in [-0.39, 0.29) is 28.1 Å². The Balaban J connectivity index is 1.79. The Labute approximate surface area is 154 Å². The average molecular weight is 399 g/mol. The van der Waals surface area contributed by atoms with E-state index in [2.05, 4.69) is 15.2 Å². The minimum atomic E-state index is -4.52. The quantitative estimate of drug-likeness (QED) is 0.454. The topological polar surface area (TPSA) is 56.2 Å². The van der Waals surface area contributed by atoms with Crippen LogP contribution >= 0.6 is 23.2 Å². The van der Waals surface area contributed by atoms with E-state index in [0.717, 1.165) is 12.3 Å². The van der Waals surface area contributed by atoms with Gasteiger partial charge in [-0.05, 0) is 18.2 Å². The molecule has 0 N–H and O–H groups in total. The van der Waals surface area contributed by atoms with E-state index in [1.54, 1.807) is 24.3 Å². The van der Waals surface area contributed by atoms with E-state index in [4.69, 9.17) is 27.6 Å². The smallest absolute Gasteiger partial charge is 0.414 e. The SMILES string of the molecule is FC(F)(F)c1cc(Cl)c2nc(-c3nnc(-c4ccccc4Cl)o3)cn2c1. The van der Waals surface area contributed by atoms with Gasteiger partial charge in [0.05, 0.1) is 21.2 Å². The molecule has 0 saturated heterocycles. The maximum atomic E-state index is 12.9. The van der Waals surface area contributed by atoms with Crippen LogP contribution in [0.25, 0.3) is 28.7 Å². The first kappa shape index (κ1) is 16.9. The van der Waals surface area contributed by atoms with Crippen LogP contribution in [-0.2, 0) is 6.18 Å². The summed E-state index contributed by atoms with van der Waals surface area (Å²) in [4.78, 5) is 4.17. The van der Waals surface area contributed by atoms with Crippen molar-refractivity contribution in [2.45, 2.75) is 6.18 Å². The number of pyridine rings is 1. The monoisotopic (exact) mass is 398 g/mol. The summed E-state index contributed by atoms with van der Waals surface area (Å²) in [5.41, 5.74) is -0.0144. The van der Waals surface area contributed by atoms with Gasteiger partial charge in [0.1, 0.15) is 5.69 Å². The molecule has 0 radical (unpaired) electrons. The van der Waals surface area contributed by atoms with E-state index in [1.165, 1.54) is 10.6 Å². The van der Waals surface area contributed by atoms with Crippen molar-refractivity contribution >= 4 is 28.8 Å². The molecular formula is C16H7Cl2F3N4O. The molecule has 0 spiro atoms. The largest absolute Gasteiger partial charge is 0.417 e. The second kappa shape index (κ2) is 6.00. The molecule has 0 aliphatic heterocycles. The number of nitrogens with zero attached hydrogens (tertiary/aromatic N) is 4. The molecule has 132 valence electrons. The van der Waals surface area contributed by atoms with E-state index in [0.29, 0.717) is 10.6 Å². The van der Waals surface area contributed by atoms with Crippen LogP contribution in [0.1, 0.15) is 5.56 Å². The fourth-order valence-corrected chi connectivity index (χ4v) is 2.86. The van der Waals surface area contributed by atoms with Crippen LogP contribution in [0.3, 0.4) is 0 Å². The summed E-state index contributed by atoms with van der Waals surface area (Å²) in [6, 6.07) is 7.70. The van der Waals surface area contributed by atoms with Crippen molar-refractivity contribution in [1.82, 2.24) is 19.6 Å². The molecule has 0 saturated carbocycles. The van der Waals surface area contributed by atoms with Crippen LogP contribution in [0.5, 0.6) is 0 Å². The molecule has 0 unspecified atom stereocenters. The average Bonchev–Trinajstić information content (AvgIpc) is 3.21. The Morgan fingerprint density at radius 3 is 2.42 bits per heavy atom. The third-order valence-corrected chi connectivity index (χ3v) is 4.19. The summed E-state index contributed by atoms with van der Waals surface area (Å²) in [5, 5.41) is 8.08. The maximum Gasteiger partial charge on any atom is 0.417 e. The normalized spacial score (nSPS) is 12.0. The zero-order valence-electron chi connectivity index (χ0n) is 12.6. The lowest BCUT2D eigenvalue weighted by atomic mass is 10.2. The predicted octanol–water partition coefficient (Wildman–Crippen LogP) is 5.38. The molecule has 3 aromatic heterocycles. The fourth-order valence-electron chi connectivity index (χ4n) is 2.39. The number of alkyl halides is 3. The Kier molecular flexibility index (Phi) is 3.89. The van der Waals surface area contributed by atoms with E-state index in [1.807, 2.05) is 0 Å². The Morgan fingerprint density at radius 1 is 0.962 bits per heavy atom. The predicted molar refractivity (Wildman–Crippen MR) is 88.9 cm³/mol.